The standard InChI is InChI=1S/C38H51ClN10O7/c1-55-30(51)20-18-27(40)35(52)44-21-6-4-8-28(37(54)56-2)46-29(50)19-13-24-11-16-26(17-12-24)25-14-9-23(10-15-25)7-3-5-22-45-38(43)49-36(53)31-33(41)48-34(42)32(39)47-31/h9-12,14-17,27-28H,3-8,13,18-22,40H2,1-2H3,(H,44,52)(H,46,50)(H4,41,42,48)(H3,43,45,49,53)/t27-,28-/m0/s1. The molecule has 3 rings (SSSR count). The fourth-order valence-corrected chi connectivity index (χ4v) is 5.59. The highest BCUT2D eigenvalue weighted by atomic mass is 35.5. The number of rotatable bonds is 21. The number of benzene rings is 2. The normalized spacial score (nSPS) is 11.8. The van der Waals surface area contributed by atoms with E-state index >= 15 is 0 Å². The molecule has 0 radical (unpaired) electrons. The minimum atomic E-state index is -0.825. The molecule has 2 atom stereocenters. The van der Waals surface area contributed by atoms with Gasteiger partial charge in [0.25, 0.3) is 5.91 Å². The number of guanidine groups is 1. The number of nitrogens with zero attached hydrogens (tertiary/aromatic N) is 2. The Morgan fingerprint density at radius 3 is 2.00 bits per heavy atom. The molecule has 0 saturated heterocycles. The molecule has 11 N–H and O–H groups in total. The van der Waals surface area contributed by atoms with Gasteiger partial charge in [-0.1, -0.05) is 60.1 Å². The van der Waals surface area contributed by atoms with Crippen molar-refractivity contribution in [1.82, 2.24) is 31.2 Å². The van der Waals surface area contributed by atoms with Crippen LogP contribution in [0.15, 0.2) is 48.5 Å². The number of nitrogen functional groups attached to an aromatic ring is 2. The van der Waals surface area contributed by atoms with Crippen LogP contribution in [0.2, 0.25) is 5.15 Å². The fourth-order valence-electron chi connectivity index (χ4n) is 5.46. The number of hydrogen-bond acceptors (Lipinski definition) is 13. The fraction of sp³-hybridized carbons (Fsp3) is 0.421. The maximum atomic E-state index is 12.7. The lowest BCUT2D eigenvalue weighted by molar-refractivity contribution is -0.145. The molecule has 0 aliphatic rings. The van der Waals surface area contributed by atoms with Crippen LogP contribution >= 0.6 is 11.6 Å². The van der Waals surface area contributed by atoms with Crippen LogP contribution in [-0.2, 0) is 41.5 Å². The smallest absolute Gasteiger partial charge is 0.328 e. The van der Waals surface area contributed by atoms with E-state index in [0.717, 1.165) is 36.0 Å². The maximum absolute atomic E-state index is 12.7. The first kappa shape index (κ1) is 44.6. The topological polar surface area (TPSA) is 280 Å². The number of anilines is 2. The molecule has 18 heteroatoms. The molecule has 0 bridgehead atoms. The van der Waals surface area contributed by atoms with Crippen LogP contribution in [-0.4, -0.2) is 85.0 Å². The third-order valence-electron chi connectivity index (χ3n) is 8.70. The van der Waals surface area contributed by atoms with E-state index in [1.165, 1.54) is 19.8 Å². The molecule has 0 aliphatic heterocycles. The van der Waals surface area contributed by atoms with E-state index in [4.69, 9.17) is 38.9 Å². The summed E-state index contributed by atoms with van der Waals surface area (Å²) >= 11 is 5.82. The molecule has 302 valence electrons. The maximum Gasteiger partial charge on any atom is 0.328 e. The molecule has 0 aliphatic carbocycles. The van der Waals surface area contributed by atoms with Gasteiger partial charge in [-0.3, -0.25) is 29.9 Å². The molecule has 0 unspecified atom stereocenters. The highest BCUT2D eigenvalue weighted by Crippen LogP contribution is 2.22. The Morgan fingerprint density at radius 1 is 0.768 bits per heavy atom. The molecule has 3 amide bonds. The monoisotopic (exact) mass is 794 g/mol. The number of aryl methyl sites for hydroxylation is 2. The summed E-state index contributed by atoms with van der Waals surface area (Å²) in [6.07, 6.45) is 4.81. The number of unbranched alkanes of at least 4 members (excludes halogenated alkanes) is 2. The van der Waals surface area contributed by atoms with E-state index in [1.54, 1.807) is 0 Å². The molecular formula is C38H51ClN10O7. The number of carbonyl (C=O) groups is 5. The van der Waals surface area contributed by atoms with E-state index in [9.17, 15) is 24.0 Å². The Hall–Kier alpha value is -5.81. The van der Waals surface area contributed by atoms with E-state index in [-0.39, 0.29) is 59.5 Å². The summed E-state index contributed by atoms with van der Waals surface area (Å²) in [6.45, 7) is 0.810. The van der Waals surface area contributed by atoms with Crippen molar-refractivity contribution in [2.75, 3.05) is 38.8 Å². The minimum Gasteiger partial charge on any atom is -0.469 e. The number of carbonyl (C=O) groups excluding carboxylic acids is 5. The number of amides is 3. The predicted molar refractivity (Wildman–Crippen MR) is 212 cm³/mol. The Kier molecular flexibility index (Phi) is 18.5. The average molecular weight is 795 g/mol. The van der Waals surface area contributed by atoms with Gasteiger partial charge in [0.1, 0.15) is 6.04 Å². The number of aromatic nitrogens is 2. The quantitative estimate of drug-likeness (QED) is 0.0333. The first-order valence-electron chi connectivity index (χ1n) is 18.2. The van der Waals surface area contributed by atoms with Crippen molar-refractivity contribution in [1.29, 1.82) is 5.41 Å². The number of hydrogen-bond donors (Lipinski definition) is 8. The van der Waals surface area contributed by atoms with Crippen LogP contribution in [0, 0.1) is 5.41 Å². The van der Waals surface area contributed by atoms with Crippen molar-refractivity contribution in [3.05, 3.63) is 70.5 Å². The summed E-state index contributed by atoms with van der Waals surface area (Å²) in [6, 6.07) is 14.6. The number of nitrogens with two attached hydrogens (primary N) is 3. The van der Waals surface area contributed by atoms with Gasteiger partial charge in [-0.15, -0.1) is 0 Å². The summed E-state index contributed by atoms with van der Waals surface area (Å²) in [5.41, 5.74) is 21.0. The van der Waals surface area contributed by atoms with Gasteiger partial charge in [0.05, 0.1) is 20.3 Å². The first-order valence-corrected chi connectivity index (χ1v) is 18.6. The summed E-state index contributed by atoms with van der Waals surface area (Å²) < 4.78 is 9.43. The van der Waals surface area contributed by atoms with Gasteiger partial charge in [0.2, 0.25) is 11.8 Å². The molecule has 0 fully saturated rings. The Labute approximate surface area is 330 Å². The van der Waals surface area contributed by atoms with Gasteiger partial charge in [-0.05, 0) is 73.6 Å². The number of halogens is 1. The molecule has 0 spiro atoms. The summed E-state index contributed by atoms with van der Waals surface area (Å²) in [7, 11) is 2.54. The third kappa shape index (κ3) is 15.1. The second-order valence-corrected chi connectivity index (χ2v) is 13.2. The average Bonchev–Trinajstić information content (AvgIpc) is 3.19. The second kappa shape index (κ2) is 23.2. The highest BCUT2D eigenvalue weighted by Gasteiger charge is 2.22. The number of ether oxygens (including phenoxy) is 2. The van der Waals surface area contributed by atoms with Crippen LogP contribution in [0.25, 0.3) is 11.1 Å². The van der Waals surface area contributed by atoms with Gasteiger partial charge in [0.15, 0.2) is 28.4 Å². The number of esters is 2. The molecule has 3 aromatic rings. The largest absolute Gasteiger partial charge is 0.469 e. The van der Waals surface area contributed by atoms with Crippen LogP contribution < -0.4 is 38.5 Å². The van der Waals surface area contributed by atoms with Crippen molar-refractivity contribution < 1.29 is 33.4 Å². The lowest BCUT2D eigenvalue weighted by atomic mass is 9.99. The zero-order valence-electron chi connectivity index (χ0n) is 31.6. The predicted octanol–water partition coefficient (Wildman–Crippen LogP) is 2.40. The van der Waals surface area contributed by atoms with E-state index in [2.05, 4.69) is 60.2 Å². The SMILES string of the molecule is COC(=O)CC[C@H](N)C(=O)NCCCC[C@H](NC(=O)CCc1ccc(-c2ccc(CCCCNC(=N)NC(=O)c3nc(Cl)c(N)nc3N)cc2)cc1)C(=O)OC. The van der Waals surface area contributed by atoms with Crippen LogP contribution in [0.4, 0.5) is 11.6 Å². The molecule has 56 heavy (non-hydrogen) atoms. The highest BCUT2D eigenvalue weighted by molar-refractivity contribution is 6.31. The number of nitrogens with one attached hydrogen (secondary N) is 5. The molecule has 17 nitrogen and oxygen atoms in total. The molecule has 1 aromatic heterocycles. The first-order chi connectivity index (χ1) is 26.8. The van der Waals surface area contributed by atoms with Crippen LogP contribution in [0.5, 0.6) is 0 Å². The van der Waals surface area contributed by atoms with Crippen LogP contribution in [0.3, 0.4) is 0 Å². The van der Waals surface area contributed by atoms with Crippen LogP contribution in [0.1, 0.15) is 73.0 Å². The number of methoxy groups -OCH3 is 2. The third-order valence-corrected chi connectivity index (χ3v) is 8.98. The van der Waals surface area contributed by atoms with E-state index in [0.29, 0.717) is 38.8 Å². The van der Waals surface area contributed by atoms with Crippen molar-refractivity contribution in [3.63, 3.8) is 0 Å². The minimum absolute atomic E-state index is 0.0518. The summed E-state index contributed by atoms with van der Waals surface area (Å²) in [4.78, 5) is 68.4. The zero-order valence-corrected chi connectivity index (χ0v) is 32.4. The summed E-state index contributed by atoms with van der Waals surface area (Å²) in [5.74, 6) is -2.80. The lowest BCUT2D eigenvalue weighted by Crippen LogP contribution is -2.42. The van der Waals surface area contributed by atoms with Crippen molar-refractivity contribution in [3.8, 4) is 11.1 Å². The molecular weight excluding hydrogens is 744 g/mol. The zero-order chi connectivity index (χ0) is 41.0. The van der Waals surface area contributed by atoms with Gasteiger partial charge in [0, 0.05) is 25.9 Å². The molecule has 0 saturated carbocycles. The molecule has 1 heterocycles. The van der Waals surface area contributed by atoms with Crippen molar-refractivity contribution in [2.24, 2.45) is 5.73 Å². The van der Waals surface area contributed by atoms with Gasteiger partial charge in [-0.25, -0.2) is 14.8 Å². The van der Waals surface area contributed by atoms with E-state index in [1.807, 2.05) is 24.3 Å². The van der Waals surface area contributed by atoms with Gasteiger partial charge < -0.3 is 42.6 Å². The van der Waals surface area contributed by atoms with Gasteiger partial charge >= 0.3 is 11.9 Å². The van der Waals surface area contributed by atoms with Crippen molar-refractivity contribution >= 4 is 58.9 Å². The summed E-state index contributed by atoms with van der Waals surface area (Å²) in [5, 5.41) is 18.5. The Bertz CT molecular complexity index is 1810. The van der Waals surface area contributed by atoms with Crippen molar-refractivity contribution in [2.45, 2.75) is 76.3 Å². The second-order valence-electron chi connectivity index (χ2n) is 12.9. The van der Waals surface area contributed by atoms with E-state index < -0.39 is 29.9 Å². The van der Waals surface area contributed by atoms with Gasteiger partial charge in [-0.2, -0.15) is 0 Å². The lowest BCUT2D eigenvalue weighted by Gasteiger charge is -2.17. The molecule has 2 aromatic carbocycles. The Morgan fingerprint density at radius 2 is 1.38 bits per heavy atom. The Balaban J connectivity index is 1.34.